The molecule has 14 heavy (non-hydrogen) atoms. The SMILES string of the molecule is C1=CCC=CC1.C1=CCCC=CCC1. The molecule has 0 aliphatic heterocycles. The van der Waals surface area contributed by atoms with Crippen LogP contribution in [0.5, 0.6) is 0 Å². The Balaban J connectivity index is 0.000000146. The third-order valence-corrected chi connectivity index (χ3v) is 2.21. The molecule has 0 saturated heterocycles. The summed E-state index contributed by atoms with van der Waals surface area (Å²) in [6.45, 7) is 0. The third-order valence-electron chi connectivity index (χ3n) is 2.21. The van der Waals surface area contributed by atoms with Crippen LogP contribution < -0.4 is 0 Å². The van der Waals surface area contributed by atoms with E-state index in [1.165, 1.54) is 25.7 Å². The van der Waals surface area contributed by atoms with Crippen molar-refractivity contribution in [3.05, 3.63) is 48.6 Å². The standard InChI is InChI=1S/C8H12.C6H8/c1-2-4-6-8-7-5-3-1;1-2-4-6-5-3-1/h1-2,7-8H,3-6H2;1-2,5-6H,3-4H2. The lowest BCUT2D eigenvalue weighted by atomic mass is 10.1. The summed E-state index contributed by atoms with van der Waals surface area (Å²) in [5.41, 5.74) is 0. The molecule has 0 heteroatoms. The fourth-order valence-corrected chi connectivity index (χ4v) is 1.40. The van der Waals surface area contributed by atoms with Gasteiger partial charge in [-0.25, -0.2) is 0 Å². The molecule has 0 aromatic carbocycles. The fraction of sp³-hybridized carbons (Fsp3) is 0.429. The Morgan fingerprint density at radius 1 is 0.357 bits per heavy atom. The van der Waals surface area contributed by atoms with Crippen molar-refractivity contribution in [3.63, 3.8) is 0 Å². The molecule has 0 amide bonds. The van der Waals surface area contributed by atoms with Crippen molar-refractivity contribution in [1.29, 1.82) is 0 Å². The lowest BCUT2D eigenvalue weighted by Crippen LogP contribution is -1.71. The molecular formula is C14H20. The number of hydrogen-bond acceptors (Lipinski definition) is 0. The molecule has 2 rings (SSSR count). The quantitative estimate of drug-likeness (QED) is 0.489. The second-order valence-electron chi connectivity index (χ2n) is 3.51. The van der Waals surface area contributed by atoms with Gasteiger partial charge in [0, 0.05) is 0 Å². The molecule has 0 aromatic heterocycles. The van der Waals surface area contributed by atoms with E-state index in [-0.39, 0.29) is 0 Å². The first-order valence-corrected chi connectivity index (χ1v) is 5.60. The summed E-state index contributed by atoms with van der Waals surface area (Å²) in [7, 11) is 0. The molecule has 0 saturated carbocycles. The Hall–Kier alpha value is -1.04. The lowest BCUT2D eigenvalue weighted by molar-refractivity contribution is 0.962. The van der Waals surface area contributed by atoms with Crippen LogP contribution in [-0.2, 0) is 0 Å². The first-order valence-electron chi connectivity index (χ1n) is 5.60. The highest BCUT2D eigenvalue weighted by Gasteiger charge is 1.81. The molecule has 0 aromatic rings. The van der Waals surface area contributed by atoms with Gasteiger partial charge in [-0.05, 0) is 38.5 Å². The summed E-state index contributed by atoms with van der Waals surface area (Å²) in [6.07, 6.45) is 25.0. The van der Waals surface area contributed by atoms with Crippen LogP contribution in [0.25, 0.3) is 0 Å². The summed E-state index contributed by atoms with van der Waals surface area (Å²) in [5, 5.41) is 0. The van der Waals surface area contributed by atoms with Gasteiger partial charge in [-0.1, -0.05) is 48.6 Å². The zero-order chi connectivity index (χ0) is 9.90. The molecule has 0 spiro atoms. The second-order valence-corrected chi connectivity index (χ2v) is 3.51. The van der Waals surface area contributed by atoms with Gasteiger partial charge >= 0.3 is 0 Å². The largest absolute Gasteiger partial charge is 0.0882 e. The molecule has 0 atom stereocenters. The summed E-state index contributed by atoms with van der Waals surface area (Å²) in [4.78, 5) is 0. The average molecular weight is 188 g/mol. The van der Waals surface area contributed by atoms with E-state index < -0.39 is 0 Å². The van der Waals surface area contributed by atoms with Crippen LogP contribution in [0.1, 0.15) is 38.5 Å². The Labute approximate surface area is 87.7 Å². The minimum absolute atomic E-state index is 1.14. The van der Waals surface area contributed by atoms with Gasteiger partial charge in [0.15, 0.2) is 0 Å². The van der Waals surface area contributed by atoms with Crippen LogP contribution in [0.3, 0.4) is 0 Å². The van der Waals surface area contributed by atoms with E-state index in [1.807, 2.05) is 0 Å². The monoisotopic (exact) mass is 188 g/mol. The van der Waals surface area contributed by atoms with Gasteiger partial charge in [-0.3, -0.25) is 0 Å². The molecule has 2 aliphatic rings. The van der Waals surface area contributed by atoms with E-state index in [9.17, 15) is 0 Å². The highest BCUT2D eigenvalue weighted by molar-refractivity contribution is 5.02. The summed E-state index contributed by atoms with van der Waals surface area (Å²) >= 11 is 0. The number of hydrogen-bond donors (Lipinski definition) is 0. The zero-order valence-corrected chi connectivity index (χ0v) is 8.86. The van der Waals surface area contributed by atoms with Crippen LogP contribution in [-0.4, -0.2) is 0 Å². The van der Waals surface area contributed by atoms with Crippen molar-refractivity contribution in [3.8, 4) is 0 Å². The highest BCUT2D eigenvalue weighted by atomic mass is 13.9. The smallest absolute Gasteiger partial charge is 0.0169 e. The number of allylic oxidation sites excluding steroid dienone is 8. The van der Waals surface area contributed by atoms with E-state index in [0.29, 0.717) is 0 Å². The van der Waals surface area contributed by atoms with Crippen molar-refractivity contribution in [2.24, 2.45) is 0 Å². The van der Waals surface area contributed by atoms with Gasteiger partial charge in [0.1, 0.15) is 0 Å². The Bertz CT molecular complexity index is 182. The molecule has 0 unspecified atom stereocenters. The van der Waals surface area contributed by atoms with Crippen LogP contribution in [0.4, 0.5) is 0 Å². The second kappa shape index (κ2) is 8.55. The van der Waals surface area contributed by atoms with Crippen molar-refractivity contribution in [2.75, 3.05) is 0 Å². The summed E-state index contributed by atoms with van der Waals surface area (Å²) in [6, 6.07) is 0. The van der Waals surface area contributed by atoms with E-state index in [0.717, 1.165) is 12.8 Å². The van der Waals surface area contributed by atoms with Crippen molar-refractivity contribution >= 4 is 0 Å². The topological polar surface area (TPSA) is 0 Å². The van der Waals surface area contributed by atoms with E-state index >= 15 is 0 Å². The van der Waals surface area contributed by atoms with E-state index in [1.54, 1.807) is 0 Å². The average Bonchev–Trinajstić information content (AvgIpc) is 2.20. The van der Waals surface area contributed by atoms with Crippen LogP contribution in [0.2, 0.25) is 0 Å². The fourth-order valence-electron chi connectivity index (χ4n) is 1.40. The third kappa shape index (κ3) is 6.47. The Kier molecular flexibility index (Phi) is 6.74. The van der Waals surface area contributed by atoms with Gasteiger partial charge in [0.2, 0.25) is 0 Å². The molecule has 0 heterocycles. The minimum atomic E-state index is 1.14. The van der Waals surface area contributed by atoms with Gasteiger partial charge in [-0.15, -0.1) is 0 Å². The van der Waals surface area contributed by atoms with Crippen LogP contribution in [0, 0.1) is 0 Å². The van der Waals surface area contributed by atoms with E-state index in [4.69, 9.17) is 0 Å². The number of rotatable bonds is 0. The molecule has 0 nitrogen and oxygen atoms in total. The lowest BCUT2D eigenvalue weighted by Gasteiger charge is -1.92. The maximum absolute atomic E-state index is 2.27. The summed E-state index contributed by atoms with van der Waals surface area (Å²) < 4.78 is 0. The first-order chi connectivity index (χ1) is 7.00. The minimum Gasteiger partial charge on any atom is -0.0882 e. The van der Waals surface area contributed by atoms with Gasteiger partial charge in [0.25, 0.3) is 0 Å². The zero-order valence-electron chi connectivity index (χ0n) is 8.86. The van der Waals surface area contributed by atoms with Crippen molar-refractivity contribution in [1.82, 2.24) is 0 Å². The van der Waals surface area contributed by atoms with Gasteiger partial charge < -0.3 is 0 Å². The first kappa shape index (κ1) is 11.0. The summed E-state index contributed by atoms with van der Waals surface area (Å²) in [5.74, 6) is 0. The predicted octanol–water partition coefficient (Wildman–Crippen LogP) is 4.57. The molecule has 2 aliphatic carbocycles. The molecule has 0 fully saturated rings. The van der Waals surface area contributed by atoms with Crippen LogP contribution in [0.15, 0.2) is 48.6 Å². The Morgan fingerprint density at radius 3 is 0.857 bits per heavy atom. The molecule has 76 valence electrons. The maximum Gasteiger partial charge on any atom is -0.0169 e. The van der Waals surface area contributed by atoms with Gasteiger partial charge in [-0.2, -0.15) is 0 Å². The van der Waals surface area contributed by atoms with E-state index in [2.05, 4.69) is 48.6 Å². The maximum atomic E-state index is 2.27. The highest BCUT2D eigenvalue weighted by Crippen LogP contribution is 2.02. The Morgan fingerprint density at radius 2 is 0.643 bits per heavy atom. The van der Waals surface area contributed by atoms with Gasteiger partial charge in [0.05, 0.1) is 0 Å². The van der Waals surface area contributed by atoms with Crippen molar-refractivity contribution in [2.45, 2.75) is 38.5 Å². The van der Waals surface area contributed by atoms with Crippen molar-refractivity contribution < 1.29 is 0 Å². The molecule has 0 bridgehead atoms. The normalized spacial score (nSPS) is 19.4. The van der Waals surface area contributed by atoms with Crippen LogP contribution >= 0.6 is 0 Å². The molecule has 0 N–H and O–H groups in total. The molecule has 0 radical (unpaired) electrons. The predicted molar refractivity (Wildman–Crippen MR) is 64.3 cm³/mol. The molecular weight excluding hydrogens is 168 g/mol.